The van der Waals surface area contributed by atoms with E-state index in [4.69, 9.17) is 4.74 Å². The van der Waals surface area contributed by atoms with Crippen molar-refractivity contribution in [3.05, 3.63) is 24.3 Å². The van der Waals surface area contributed by atoms with Crippen LogP contribution in [0.1, 0.15) is 12.8 Å². The van der Waals surface area contributed by atoms with Crippen molar-refractivity contribution in [3.8, 4) is 5.75 Å². The molecule has 0 bridgehead atoms. The van der Waals surface area contributed by atoms with Crippen LogP contribution in [-0.2, 0) is 9.59 Å². The normalized spacial score (nSPS) is 13.7. The molecule has 1 heterocycles. The van der Waals surface area contributed by atoms with Gasteiger partial charge in [-0.05, 0) is 25.6 Å². The molecule has 2 N–H and O–H groups in total. The van der Waals surface area contributed by atoms with Crippen LogP contribution in [-0.4, -0.2) is 45.1 Å². The fourth-order valence-corrected chi connectivity index (χ4v) is 2.19. The van der Waals surface area contributed by atoms with Gasteiger partial charge in [-0.2, -0.15) is 0 Å². The maximum atomic E-state index is 11.7. The summed E-state index contributed by atoms with van der Waals surface area (Å²) in [6.07, 6.45) is 1.48. The predicted octanol–water partition coefficient (Wildman–Crippen LogP) is 0.950. The molecule has 1 aliphatic rings. The summed E-state index contributed by atoms with van der Waals surface area (Å²) in [4.78, 5) is 25.0. The monoisotopic (exact) mass is 327 g/mol. The van der Waals surface area contributed by atoms with Crippen LogP contribution in [0.2, 0.25) is 0 Å². The number of anilines is 1. The van der Waals surface area contributed by atoms with E-state index in [0.29, 0.717) is 18.7 Å². The number of halogens is 1. The molecule has 122 valence electrons. The van der Waals surface area contributed by atoms with Crippen molar-refractivity contribution in [2.75, 3.05) is 38.2 Å². The number of rotatable bonds is 7. The van der Waals surface area contributed by atoms with E-state index in [0.717, 1.165) is 25.2 Å². The number of benzene rings is 1. The molecule has 22 heavy (non-hydrogen) atoms. The van der Waals surface area contributed by atoms with Gasteiger partial charge in [0.1, 0.15) is 5.75 Å². The summed E-state index contributed by atoms with van der Waals surface area (Å²) >= 11 is 0. The van der Waals surface area contributed by atoms with E-state index in [1.54, 1.807) is 17.0 Å². The summed E-state index contributed by atoms with van der Waals surface area (Å²) in [7, 11) is 1.83. The molecule has 1 fully saturated rings. The van der Waals surface area contributed by atoms with Crippen LogP contribution in [0.15, 0.2) is 24.3 Å². The molecule has 1 saturated heterocycles. The zero-order valence-corrected chi connectivity index (χ0v) is 13.4. The summed E-state index contributed by atoms with van der Waals surface area (Å²) in [5.74, 6) is 0.570. The Labute approximate surface area is 136 Å². The van der Waals surface area contributed by atoms with Gasteiger partial charge in [0, 0.05) is 37.8 Å². The minimum absolute atomic E-state index is 0. The molecule has 0 aromatic heterocycles. The molecule has 0 radical (unpaired) electrons. The molecule has 6 nitrogen and oxygen atoms in total. The van der Waals surface area contributed by atoms with Gasteiger partial charge in [0.15, 0.2) is 6.61 Å². The number of nitrogens with one attached hydrogen (secondary N) is 2. The summed E-state index contributed by atoms with van der Waals surface area (Å²) in [5.41, 5.74) is 0.825. The lowest BCUT2D eigenvalue weighted by Crippen LogP contribution is -2.33. The quantitative estimate of drug-likeness (QED) is 0.732. The molecule has 0 unspecified atom stereocenters. The fraction of sp³-hybridized carbons (Fsp3) is 0.467. The molecule has 1 aliphatic heterocycles. The smallest absolute Gasteiger partial charge is 0.257 e. The maximum Gasteiger partial charge on any atom is 0.257 e. The maximum absolute atomic E-state index is 11.7. The molecule has 0 aliphatic carbocycles. The number of hydrogen-bond acceptors (Lipinski definition) is 4. The molecule has 0 spiro atoms. The number of carbonyl (C=O) groups excluding carboxylic acids is 2. The van der Waals surface area contributed by atoms with Crippen molar-refractivity contribution in [2.45, 2.75) is 12.8 Å². The third-order valence-electron chi connectivity index (χ3n) is 3.27. The molecule has 0 atom stereocenters. The van der Waals surface area contributed by atoms with E-state index in [-0.39, 0.29) is 30.8 Å². The van der Waals surface area contributed by atoms with E-state index in [1.165, 1.54) is 0 Å². The average molecular weight is 328 g/mol. The van der Waals surface area contributed by atoms with Crippen molar-refractivity contribution in [2.24, 2.45) is 0 Å². The second-order valence-electron chi connectivity index (χ2n) is 4.89. The summed E-state index contributed by atoms with van der Waals surface area (Å²) in [6.45, 7) is 2.01. The fourth-order valence-electron chi connectivity index (χ4n) is 2.19. The minimum atomic E-state index is -0.159. The Morgan fingerprint density at radius 1 is 1.36 bits per heavy atom. The third-order valence-corrected chi connectivity index (χ3v) is 3.27. The van der Waals surface area contributed by atoms with Crippen LogP contribution in [0.5, 0.6) is 5.75 Å². The molecular formula is C15H22ClN3O3. The second-order valence-corrected chi connectivity index (χ2v) is 4.89. The summed E-state index contributed by atoms with van der Waals surface area (Å²) < 4.78 is 5.46. The lowest BCUT2D eigenvalue weighted by Gasteiger charge is -2.16. The van der Waals surface area contributed by atoms with Crippen molar-refractivity contribution in [3.63, 3.8) is 0 Å². The summed E-state index contributed by atoms with van der Waals surface area (Å²) in [6, 6.07) is 7.28. The van der Waals surface area contributed by atoms with Crippen molar-refractivity contribution < 1.29 is 14.3 Å². The Balaban J connectivity index is 0.00000242. The Morgan fingerprint density at radius 2 is 2.18 bits per heavy atom. The number of likely N-dealkylation sites (N-methyl/N-ethyl adjacent to an activating group) is 1. The van der Waals surface area contributed by atoms with Crippen LogP contribution in [0, 0.1) is 0 Å². The van der Waals surface area contributed by atoms with Gasteiger partial charge in [-0.15, -0.1) is 12.4 Å². The number of hydrogen-bond donors (Lipinski definition) is 2. The average Bonchev–Trinajstić information content (AvgIpc) is 2.92. The molecular weight excluding hydrogens is 306 g/mol. The number of ether oxygens (including phenoxy) is 1. The molecule has 7 heteroatoms. The highest BCUT2D eigenvalue weighted by molar-refractivity contribution is 5.95. The first-order valence-corrected chi connectivity index (χ1v) is 7.15. The number of nitrogens with zero attached hydrogens (tertiary/aromatic N) is 1. The Hall–Kier alpha value is -1.79. The molecule has 2 rings (SSSR count). The van der Waals surface area contributed by atoms with E-state index in [9.17, 15) is 9.59 Å². The standard InChI is InChI=1S/C15H21N3O3.ClH/c1-16-7-8-17-14(19)11-21-13-5-2-4-12(10-13)18-9-3-6-15(18)20;/h2,4-5,10,16H,3,6-9,11H2,1H3,(H,17,19);1H. The lowest BCUT2D eigenvalue weighted by molar-refractivity contribution is -0.123. The zero-order chi connectivity index (χ0) is 15.1. The predicted molar refractivity (Wildman–Crippen MR) is 87.7 cm³/mol. The van der Waals surface area contributed by atoms with Crippen molar-refractivity contribution >= 4 is 29.9 Å². The summed E-state index contributed by atoms with van der Waals surface area (Å²) in [5, 5.41) is 5.69. The Bertz CT molecular complexity index is 511. The van der Waals surface area contributed by atoms with E-state index in [2.05, 4.69) is 10.6 Å². The molecule has 1 aromatic carbocycles. The van der Waals surface area contributed by atoms with Crippen LogP contribution >= 0.6 is 12.4 Å². The van der Waals surface area contributed by atoms with E-state index in [1.807, 2.05) is 19.2 Å². The highest BCUT2D eigenvalue weighted by Crippen LogP contribution is 2.25. The van der Waals surface area contributed by atoms with E-state index >= 15 is 0 Å². The molecule has 2 amide bonds. The first-order chi connectivity index (χ1) is 10.2. The lowest BCUT2D eigenvalue weighted by atomic mass is 10.3. The minimum Gasteiger partial charge on any atom is -0.484 e. The van der Waals surface area contributed by atoms with Gasteiger partial charge >= 0.3 is 0 Å². The Morgan fingerprint density at radius 3 is 2.86 bits per heavy atom. The SMILES string of the molecule is CNCCNC(=O)COc1cccc(N2CCCC2=O)c1.Cl. The number of carbonyl (C=O) groups is 2. The van der Waals surface area contributed by atoms with Gasteiger partial charge in [-0.1, -0.05) is 6.07 Å². The first-order valence-electron chi connectivity index (χ1n) is 7.15. The molecule has 0 saturated carbocycles. The van der Waals surface area contributed by atoms with Crippen molar-refractivity contribution in [1.82, 2.24) is 10.6 Å². The third kappa shape index (κ3) is 5.20. The van der Waals surface area contributed by atoms with Crippen molar-refractivity contribution in [1.29, 1.82) is 0 Å². The van der Waals surface area contributed by atoms with Crippen LogP contribution in [0.3, 0.4) is 0 Å². The topological polar surface area (TPSA) is 70.7 Å². The highest BCUT2D eigenvalue weighted by Gasteiger charge is 2.21. The first kappa shape index (κ1) is 18.3. The Kier molecular flexibility index (Phi) is 7.70. The van der Waals surface area contributed by atoms with Gasteiger partial charge in [-0.3, -0.25) is 9.59 Å². The van der Waals surface area contributed by atoms with Crippen LogP contribution in [0.25, 0.3) is 0 Å². The second kappa shape index (κ2) is 9.27. The highest BCUT2D eigenvalue weighted by atomic mass is 35.5. The van der Waals surface area contributed by atoms with Gasteiger partial charge in [0.2, 0.25) is 5.91 Å². The number of amides is 2. The zero-order valence-electron chi connectivity index (χ0n) is 12.6. The largest absolute Gasteiger partial charge is 0.484 e. The molecule has 1 aromatic rings. The van der Waals surface area contributed by atoms with Gasteiger partial charge < -0.3 is 20.3 Å². The van der Waals surface area contributed by atoms with Gasteiger partial charge in [-0.25, -0.2) is 0 Å². The van der Waals surface area contributed by atoms with Crippen LogP contribution in [0.4, 0.5) is 5.69 Å². The van der Waals surface area contributed by atoms with Gasteiger partial charge in [0.05, 0.1) is 0 Å². The van der Waals surface area contributed by atoms with Gasteiger partial charge in [0.25, 0.3) is 5.91 Å². The van der Waals surface area contributed by atoms with E-state index < -0.39 is 0 Å². The van der Waals surface area contributed by atoms with Crippen LogP contribution < -0.4 is 20.3 Å².